The van der Waals surface area contributed by atoms with E-state index < -0.39 is 6.10 Å². The number of aliphatic hydroxyl groups excluding tert-OH is 1. The second kappa shape index (κ2) is 9.03. The van der Waals surface area contributed by atoms with Gasteiger partial charge in [-0.2, -0.15) is 0 Å². The molecule has 1 saturated carbocycles. The molecule has 1 N–H and O–H groups in total. The second-order valence-corrected chi connectivity index (χ2v) is 11.5. The molecule has 2 aromatic rings. The fourth-order valence-corrected chi connectivity index (χ4v) is 6.23. The van der Waals surface area contributed by atoms with Crippen LogP contribution < -0.4 is 0 Å². The van der Waals surface area contributed by atoms with Crippen LogP contribution in [0.5, 0.6) is 0 Å². The van der Waals surface area contributed by atoms with Crippen LogP contribution in [-0.2, 0) is 4.74 Å². The number of ether oxygens (including phenoxy) is 1. The molecule has 1 saturated heterocycles. The van der Waals surface area contributed by atoms with Crippen LogP contribution in [0.15, 0.2) is 48.5 Å². The number of rotatable bonds is 7. The lowest BCUT2D eigenvalue weighted by molar-refractivity contribution is -0.0112. The summed E-state index contributed by atoms with van der Waals surface area (Å²) in [5.74, 6) is 0. The Balaban J connectivity index is 1.42. The first-order chi connectivity index (χ1) is 14.6. The summed E-state index contributed by atoms with van der Waals surface area (Å²) in [5, 5.41) is 12.2. The van der Waals surface area contributed by atoms with E-state index in [1.54, 1.807) is 0 Å². The van der Waals surface area contributed by atoms with Crippen LogP contribution in [0.4, 0.5) is 0 Å². The summed E-state index contributed by atoms with van der Waals surface area (Å²) < 4.78 is 6.28. The third-order valence-corrected chi connectivity index (χ3v) is 7.27. The Hall–Kier alpha value is -1.10. The Morgan fingerprint density at radius 2 is 1.52 bits per heavy atom. The zero-order valence-electron chi connectivity index (χ0n) is 18.7. The maximum atomic E-state index is 10.9. The van der Waals surface area contributed by atoms with Gasteiger partial charge >= 0.3 is 0 Å². The molecular formula is C26H33Cl2NO2. The minimum Gasteiger partial charge on any atom is -0.389 e. The molecule has 0 amide bonds. The van der Waals surface area contributed by atoms with Crippen molar-refractivity contribution < 1.29 is 9.84 Å². The van der Waals surface area contributed by atoms with E-state index >= 15 is 0 Å². The standard InChI is InChI=1S/C26H33Cl2NO2/c1-25(2)12-22-13-26(3,16-25)17-29(22)14-23(30)15-31-24(18-4-8-20(27)9-5-18)19-6-10-21(28)11-7-19/h4-11,22-24,30H,12-17H2,1-3H3/t22-,23+,26+/m0/s1. The normalized spacial score (nSPS) is 26.4. The van der Waals surface area contributed by atoms with E-state index in [0.717, 1.165) is 17.7 Å². The van der Waals surface area contributed by atoms with Crippen LogP contribution in [0.2, 0.25) is 10.0 Å². The number of hydrogen-bond acceptors (Lipinski definition) is 3. The topological polar surface area (TPSA) is 32.7 Å². The van der Waals surface area contributed by atoms with Gasteiger partial charge in [0, 0.05) is 29.2 Å². The summed E-state index contributed by atoms with van der Waals surface area (Å²) in [6.45, 7) is 9.16. The second-order valence-electron chi connectivity index (χ2n) is 10.6. The fraction of sp³-hybridized carbons (Fsp3) is 0.538. The molecule has 3 nitrogen and oxygen atoms in total. The SMILES string of the molecule is CC1(C)C[C@H]2C[C@@](C)(CN2C[C@@H](O)COC(c2ccc(Cl)cc2)c2ccc(Cl)cc2)C1. The number of aliphatic hydroxyl groups is 1. The minimum absolute atomic E-state index is 0.277. The van der Waals surface area contributed by atoms with E-state index in [0.29, 0.717) is 33.5 Å². The molecule has 3 atom stereocenters. The molecular weight excluding hydrogens is 429 g/mol. The number of nitrogens with zero attached hydrogens (tertiary/aromatic N) is 1. The highest BCUT2D eigenvalue weighted by Crippen LogP contribution is 2.52. The first kappa shape index (κ1) is 23.1. The average Bonchev–Trinajstić information content (AvgIpc) is 2.92. The summed E-state index contributed by atoms with van der Waals surface area (Å²) in [6, 6.07) is 15.9. The van der Waals surface area contributed by atoms with Crippen LogP contribution in [0.1, 0.15) is 57.3 Å². The molecule has 168 valence electrons. The van der Waals surface area contributed by atoms with Gasteiger partial charge in [0.25, 0.3) is 0 Å². The molecule has 0 unspecified atom stereocenters. The van der Waals surface area contributed by atoms with Crippen LogP contribution in [0.3, 0.4) is 0 Å². The van der Waals surface area contributed by atoms with Crippen LogP contribution in [0, 0.1) is 10.8 Å². The van der Waals surface area contributed by atoms with Crippen LogP contribution in [0.25, 0.3) is 0 Å². The first-order valence-electron chi connectivity index (χ1n) is 11.2. The lowest BCUT2D eigenvalue weighted by Crippen LogP contribution is -2.39. The van der Waals surface area contributed by atoms with E-state index in [9.17, 15) is 5.11 Å². The van der Waals surface area contributed by atoms with Gasteiger partial charge in [0.15, 0.2) is 0 Å². The zero-order valence-corrected chi connectivity index (χ0v) is 20.2. The van der Waals surface area contributed by atoms with Crippen molar-refractivity contribution >= 4 is 23.2 Å². The third kappa shape index (κ3) is 5.64. The Morgan fingerprint density at radius 1 is 0.968 bits per heavy atom. The van der Waals surface area contributed by atoms with Gasteiger partial charge in [0.1, 0.15) is 6.10 Å². The molecule has 5 heteroatoms. The number of β-amino-alcohol motifs (C(OH)–C–C–N with tert-alkyl or cyclic N) is 1. The van der Waals surface area contributed by atoms with E-state index in [4.69, 9.17) is 27.9 Å². The molecule has 1 heterocycles. The third-order valence-electron chi connectivity index (χ3n) is 6.77. The zero-order chi connectivity index (χ0) is 22.2. The van der Waals surface area contributed by atoms with Gasteiger partial charge in [-0.05, 0) is 65.5 Å². The van der Waals surface area contributed by atoms with E-state index in [-0.39, 0.29) is 12.7 Å². The van der Waals surface area contributed by atoms with E-state index in [1.807, 2.05) is 48.5 Å². The lowest BCUT2D eigenvalue weighted by atomic mass is 9.65. The van der Waals surface area contributed by atoms with Gasteiger partial charge in [-0.15, -0.1) is 0 Å². The molecule has 0 aromatic heterocycles. The van der Waals surface area contributed by atoms with Crippen molar-refractivity contribution in [1.82, 2.24) is 4.90 Å². The Kier molecular flexibility index (Phi) is 6.72. The quantitative estimate of drug-likeness (QED) is 0.520. The van der Waals surface area contributed by atoms with Crippen molar-refractivity contribution in [2.24, 2.45) is 10.8 Å². The average molecular weight is 462 g/mol. The molecule has 31 heavy (non-hydrogen) atoms. The number of likely N-dealkylation sites (tertiary alicyclic amines) is 1. The van der Waals surface area contributed by atoms with Crippen molar-refractivity contribution in [3.8, 4) is 0 Å². The monoisotopic (exact) mass is 461 g/mol. The number of benzene rings is 2. The Bertz CT molecular complexity index is 838. The first-order valence-corrected chi connectivity index (χ1v) is 11.9. The van der Waals surface area contributed by atoms with Crippen molar-refractivity contribution in [3.05, 3.63) is 69.7 Å². The van der Waals surface area contributed by atoms with Crippen molar-refractivity contribution in [1.29, 1.82) is 0 Å². The fourth-order valence-electron chi connectivity index (χ4n) is 5.98. The summed E-state index contributed by atoms with van der Waals surface area (Å²) in [7, 11) is 0. The Labute approximate surface area is 196 Å². The summed E-state index contributed by atoms with van der Waals surface area (Å²) >= 11 is 12.2. The molecule has 1 aliphatic carbocycles. The lowest BCUT2D eigenvalue weighted by Gasteiger charge is -2.40. The smallest absolute Gasteiger partial charge is 0.108 e. The number of fused-ring (bicyclic) bond motifs is 2. The maximum Gasteiger partial charge on any atom is 0.108 e. The van der Waals surface area contributed by atoms with Gasteiger partial charge in [-0.25, -0.2) is 0 Å². The number of hydrogen-bond donors (Lipinski definition) is 1. The predicted octanol–water partition coefficient (Wildman–Crippen LogP) is 6.36. The van der Waals surface area contributed by atoms with Gasteiger partial charge in [0.05, 0.1) is 12.7 Å². The van der Waals surface area contributed by atoms with Gasteiger partial charge in [0.2, 0.25) is 0 Å². The van der Waals surface area contributed by atoms with Crippen molar-refractivity contribution in [2.45, 2.75) is 58.3 Å². The summed E-state index contributed by atoms with van der Waals surface area (Å²) in [6.07, 6.45) is 2.89. The molecule has 0 radical (unpaired) electrons. The largest absolute Gasteiger partial charge is 0.389 e. The maximum absolute atomic E-state index is 10.9. The highest BCUT2D eigenvalue weighted by Gasteiger charge is 2.49. The summed E-state index contributed by atoms with van der Waals surface area (Å²) in [4.78, 5) is 2.49. The van der Waals surface area contributed by atoms with Gasteiger partial charge in [-0.1, -0.05) is 68.2 Å². The molecule has 0 spiro atoms. The summed E-state index contributed by atoms with van der Waals surface area (Å²) in [5.41, 5.74) is 2.75. The molecule has 2 aromatic carbocycles. The van der Waals surface area contributed by atoms with Gasteiger partial charge < -0.3 is 9.84 Å². The predicted molar refractivity (Wildman–Crippen MR) is 128 cm³/mol. The highest BCUT2D eigenvalue weighted by atomic mass is 35.5. The molecule has 1 aliphatic heterocycles. The van der Waals surface area contributed by atoms with Crippen LogP contribution in [-0.4, -0.2) is 41.8 Å². The van der Waals surface area contributed by atoms with Crippen molar-refractivity contribution in [3.63, 3.8) is 0 Å². The number of halogens is 2. The van der Waals surface area contributed by atoms with E-state index in [2.05, 4.69) is 25.7 Å². The van der Waals surface area contributed by atoms with Crippen LogP contribution >= 0.6 is 23.2 Å². The molecule has 2 aliphatic rings. The molecule has 2 fully saturated rings. The van der Waals surface area contributed by atoms with E-state index in [1.165, 1.54) is 19.3 Å². The van der Waals surface area contributed by atoms with Crippen molar-refractivity contribution in [2.75, 3.05) is 19.7 Å². The molecule has 4 rings (SSSR count). The highest BCUT2D eigenvalue weighted by molar-refractivity contribution is 6.30. The Morgan fingerprint density at radius 3 is 2.06 bits per heavy atom. The van der Waals surface area contributed by atoms with Gasteiger partial charge in [-0.3, -0.25) is 4.90 Å². The minimum atomic E-state index is -0.534. The molecule has 2 bridgehead atoms.